The van der Waals surface area contributed by atoms with Gasteiger partial charge < -0.3 is 9.80 Å². The van der Waals surface area contributed by atoms with Crippen LogP contribution in [-0.4, -0.2) is 77.3 Å². The monoisotopic (exact) mass is 358 g/mol. The minimum Gasteiger partial charge on any atom is -0.341 e. The highest BCUT2D eigenvalue weighted by Gasteiger charge is 2.23. The second-order valence-electron chi connectivity index (χ2n) is 7.34. The molecule has 0 N–H and O–H groups in total. The van der Waals surface area contributed by atoms with E-state index in [2.05, 4.69) is 9.88 Å². The zero-order chi connectivity index (χ0) is 18.2. The number of rotatable bonds is 4. The minimum atomic E-state index is 0.125. The molecule has 26 heavy (non-hydrogen) atoms. The fourth-order valence-corrected chi connectivity index (χ4v) is 3.79. The molecule has 0 radical (unpaired) electrons. The first kappa shape index (κ1) is 18.8. The highest BCUT2D eigenvalue weighted by atomic mass is 16.2. The van der Waals surface area contributed by atoms with Gasteiger partial charge in [-0.1, -0.05) is 18.9 Å². The van der Waals surface area contributed by atoms with Crippen LogP contribution in [0.3, 0.4) is 0 Å². The summed E-state index contributed by atoms with van der Waals surface area (Å²) in [6.07, 6.45) is 9.65. The van der Waals surface area contributed by atoms with Crippen molar-refractivity contribution < 1.29 is 9.59 Å². The summed E-state index contributed by atoms with van der Waals surface area (Å²) in [5.74, 6) is 0.341. The summed E-state index contributed by atoms with van der Waals surface area (Å²) in [4.78, 5) is 35.4. The van der Waals surface area contributed by atoms with E-state index in [1.54, 1.807) is 12.4 Å². The zero-order valence-corrected chi connectivity index (χ0v) is 15.6. The third-order valence-electron chi connectivity index (χ3n) is 5.34. The number of amides is 2. The van der Waals surface area contributed by atoms with Crippen molar-refractivity contribution in [2.45, 2.75) is 38.5 Å². The van der Waals surface area contributed by atoms with E-state index in [4.69, 9.17) is 0 Å². The van der Waals surface area contributed by atoms with Gasteiger partial charge in [-0.3, -0.25) is 19.5 Å². The Morgan fingerprint density at radius 1 is 0.846 bits per heavy atom. The molecule has 3 heterocycles. The maximum atomic E-state index is 12.7. The Morgan fingerprint density at radius 3 is 2.19 bits per heavy atom. The van der Waals surface area contributed by atoms with Crippen molar-refractivity contribution in [2.24, 2.45) is 0 Å². The average molecular weight is 358 g/mol. The normalized spacial score (nSPS) is 19.7. The summed E-state index contributed by atoms with van der Waals surface area (Å²) in [5, 5.41) is 0. The molecule has 0 unspecified atom stereocenters. The number of hydrogen-bond acceptors (Lipinski definition) is 4. The minimum absolute atomic E-state index is 0.125. The Kier molecular flexibility index (Phi) is 7.00. The van der Waals surface area contributed by atoms with E-state index >= 15 is 0 Å². The van der Waals surface area contributed by atoms with Gasteiger partial charge in [-0.05, 0) is 44.0 Å². The third kappa shape index (κ3) is 5.53. The second kappa shape index (κ2) is 9.67. The molecule has 6 nitrogen and oxygen atoms in total. The van der Waals surface area contributed by atoms with Crippen LogP contribution in [0.5, 0.6) is 0 Å². The van der Waals surface area contributed by atoms with E-state index in [1.165, 1.54) is 25.7 Å². The van der Waals surface area contributed by atoms with Gasteiger partial charge in [0.05, 0.1) is 13.0 Å². The molecule has 1 aromatic rings. The van der Waals surface area contributed by atoms with Crippen molar-refractivity contribution >= 4 is 11.8 Å². The molecule has 2 fully saturated rings. The van der Waals surface area contributed by atoms with E-state index in [0.717, 1.165) is 38.2 Å². The third-order valence-corrected chi connectivity index (χ3v) is 5.34. The lowest BCUT2D eigenvalue weighted by Crippen LogP contribution is -2.43. The first-order valence-corrected chi connectivity index (χ1v) is 9.89. The van der Waals surface area contributed by atoms with Crippen molar-refractivity contribution in [3.63, 3.8) is 0 Å². The number of carbonyl (C=O) groups is 2. The molecule has 0 bridgehead atoms. The molecule has 6 heteroatoms. The summed E-state index contributed by atoms with van der Waals surface area (Å²) in [6.45, 7) is 5.36. The Hall–Kier alpha value is -1.95. The fourth-order valence-electron chi connectivity index (χ4n) is 3.79. The predicted octanol–water partition coefficient (Wildman–Crippen LogP) is 1.56. The first-order chi connectivity index (χ1) is 12.7. The van der Waals surface area contributed by atoms with Crippen LogP contribution in [0, 0.1) is 0 Å². The van der Waals surface area contributed by atoms with Crippen LogP contribution in [-0.2, 0) is 16.0 Å². The molecule has 1 aromatic heterocycles. The lowest BCUT2D eigenvalue weighted by Gasteiger charge is -2.26. The predicted molar refractivity (Wildman–Crippen MR) is 101 cm³/mol. The molecule has 3 rings (SSSR count). The van der Waals surface area contributed by atoms with E-state index < -0.39 is 0 Å². The fraction of sp³-hybridized carbons (Fsp3) is 0.650. The van der Waals surface area contributed by atoms with Crippen LogP contribution in [0.15, 0.2) is 24.5 Å². The van der Waals surface area contributed by atoms with Gasteiger partial charge in [-0.2, -0.15) is 0 Å². The molecular formula is C20H30N4O2. The molecule has 0 atom stereocenters. The molecule has 0 saturated carbocycles. The van der Waals surface area contributed by atoms with Crippen molar-refractivity contribution in [1.82, 2.24) is 19.7 Å². The van der Waals surface area contributed by atoms with E-state index in [1.807, 2.05) is 21.9 Å². The second-order valence-corrected chi connectivity index (χ2v) is 7.34. The number of likely N-dealkylation sites (tertiary alicyclic amines) is 1. The molecule has 2 aliphatic rings. The number of nitrogens with zero attached hydrogens (tertiary/aromatic N) is 4. The van der Waals surface area contributed by atoms with Crippen molar-refractivity contribution in [3.05, 3.63) is 30.1 Å². The smallest absolute Gasteiger partial charge is 0.236 e. The molecule has 2 amide bonds. The van der Waals surface area contributed by atoms with Gasteiger partial charge in [-0.25, -0.2) is 0 Å². The Morgan fingerprint density at radius 2 is 1.54 bits per heavy atom. The quantitative estimate of drug-likeness (QED) is 0.820. The number of pyridine rings is 1. The lowest BCUT2D eigenvalue weighted by atomic mass is 10.2. The molecule has 142 valence electrons. The van der Waals surface area contributed by atoms with Crippen molar-refractivity contribution in [2.75, 3.05) is 45.8 Å². The summed E-state index contributed by atoms with van der Waals surface area (Å²) in [6, 6.07) is 3.79. The molecule has 0 aromatic carbocycles. The van der Waals surface area contributed by atoms with Crippen LogP contribution >= 0.6 is 0 Å². The molecule has 2 aliphatic heterocycles. The molecule has 0 spiro atoms. The maximum absolute atomic E-state index is 12.7. The Balaban J connectivity index is 1.47. The standard InChI is InChI=1S/C20H30N4O2/c25-19(15-18-7-5-8-21-16-18)23-11-6-12-24(14-13-23)20(26)17-22-9-3-1-2-4-10-22/h5,7-8,16H,1-4,6,9-15,17H2. The van der Waals surface area contributed by atoms with Crippen molar-refractivity contribution in [3.8, 4) is 0 Å². The van der Waals surface area contributed by atoms with Gasteiger partial charge in [0, 0.05) is 38.6 Å². The van der Waals surface area contributed by atoms with Gasteiger partial charge >= 0.3 is 0 Å². The van der Waals surface area contributed by atoms with E-state index in [9.17, 15) is 9.59 Å². The SMILES string of the molecule is O=C(Cc1cccnc1)N1CCCN(C(=O)CN2CCCCCC2)CC1. The van der Waals surface area contributed by atoms with Gasteiger partial charge in [0.15, 0.2) is 0 Å². The number of carbonyl (C=O) groups excluding carboxylic acids is 2. The van der Waals surface area contributed by atoms with Gasteiger partial charge in [0.25, 0.3) is 0 Å². The first-order valence-electron chi connectivity index (χ1n) is 9.89. The van der Waals surface area contributed by atoms with E-state index in [0.29, 0.717) is 26.1 Å². The number of hydrogen-bond donors (Lipinski definition) is 0. The van der Waals surface area contributed by atoms with Crippen LogP contribution in [0.2, 0.25) is 0 Å². The lowest BCUT2D eigenvalue weighted by molar-refractivity contribution is -0.134. The van der Waals surface area contributed by atoms with Crippen LogP contribution in [0.1, 0.15) is 37.7 Å². The summed E-state index contributed by atoms with van der Waals surface area (Å²) < 4.78 is 0. The Labute approximate surface area is 156 Å². The molecule has 0 aliphatic carbocycles. The highest BCUT2D eigenvalue weighted by molar-refractivity contribution is 5.80. The van der Waals surface area contributed by atoms with Gasteiger partial charge in [0.1, 0.15) is 0 Å². The number of aromatic nitrogens is 1. The topological polar surface area (TPSA) is 56.8 Å². The van der Waals surface area contributed by atoms with Gasteiger partial charge in [0.2, 0.25) is 11.8 Å². The highest BCUT2D eigenvalue weighted by Crippen LogP contribution is 2.11. The van der Waals surface area contributed by atoms with E-state index in [-0.39, 0.29) is 11.8 Å². The average Bonchev–Trinajstić information content (AvgIpc) is 3.05. The zero-order valence-electron chi connectivity index (χ0n) is 15.6. The summed E-state index contributed by atoms with van der Waals surface area (Å²) in [5.41, 5.74) is 0.941. The van der Waals surface area contributed by atoms with Crippen molar-refractivity contribution in [1.29, 1.82) is 0 Å². The summed E-state index contributed by atoms with van der Waals surface area (Å²) in [7, 11) is 0. The maximum Gasteiger partial charge on any atom is 0.236 e. The van der Waals surface area contributed by atoms with Crippen LogP contribution in [0.4, 0.5) is 0 Å². The summed E-state index contributed by atoms with van der Waals surface area (Å²) >= 11 is 0. The molecule has 2 saturated heterocycles. The molecular weight excluding hydrogens is 328 g/mol. The van der Waals surface area contributed by atoms with Gasteiger partial charge in [-0.15, -0.1) is 0 Å². The Bertz CT molecular complexity index is 585. The van der Waals surface area contributed by atoms with Crippen LogP contribution in [0.25, 0.3) is 0 Å². The largest absolute Gasteiger partial charge is 0.341 e. The van der Waals surface area contributed by atoms with Crippen LogP contribution < -0.4 is 0 Å².